The minimum atomic E-state index is -4.62. The summed E-state index contributed by atoms with van der Waals surface area (Å²) in [6, 6.07) is 14.9. The van der Waals surface area contributed by atoms with Crippen molar-refractivity contribution >= 4 is 27.6 Å². The van der Waals surface area contributed by atoms with Gasteiger partial charge in [0.05, 0.1) is 0 Å². The van der Waals surface area contributed by atoms with Crippen LogP contribution in [0.2, 0.25) is 0 Å². The highest BCUT2D eigenvalue weighted by Gasteiger charge is 2.39. The average Bonchev–Trinajstić information content (AvgIpc) is 3.12. The van der Waals surface area contributed by atoms with Crippen LogP contribution in [0.25, 0.3) is 5.70 Å². The lowest BCUT2D eigenvalue weighted by molar-refractivity contribution is -0.145. The second kappa shape index (κ2) is 7.33. The van der Waals surface area contributed by atoms with Crippen molar-refractivity contribution < 1.29 is 13.2 Å². The van der Waals surface area contributed by atoms with Crippen molar-refractivity contribution in [2.75, 3.05) is 5.32 Å². The van der Waals surface area contributed by atoms with Gasteiger partial charge in [-0.05, 0) is 40.8 Å². The normalized spacial score (nSPS) is 16.4. The molecule has 2 heterocycles. The Hall–Kier alpha value is -2.61. The molecule has 1 atom stereocenters. The summed E-state index contributed by atoms with van der Waals surface area (Å²) < 4.78 is 41.9. The number of allylic oxidation sites excluding steroid dienone is 1. The molecule has 0 saturated heterocycles. The number of fused-ring (bicyclic) bond motifs is 1. The number of alkyl halides is 3. The number of aromatic nitrogens is 3. The fraction of sp³-hybridized carbons (Fsp3) is 0.238. The number of rotatable bonds is 3. The number of anilines is 1. The Morgan fingerprint density at radius 3 is 2.28 bits per heavy atom. The largest absolute Gasteiger partial charge is 0.453 e. The molecule has 4 rings (SSSR count). The van der Waals surface area contributed by atoms with Gasteiger partial charge in [0.1, 0.15) is 6.04 Å². The molecule has 0 bridgehead atoms. The van der Waals surface area contributed by atoms with Crippen LogP contribution in [0.15, 0.2) is 59.1 Å². The number of hydrogen-bond acceptors (Lipinski definition) is 3. The molecule has 0 aliphatic carbocycles. The molecular weight excluding hydrogens is 445 g/mol. The number of benzene rings is 2. The smallest absolute Gasteiger partial charge is 0.324 e. The van der Waals surface area contributed by atoms with E-state index in [4.69, 9.17) is 0 Å². The summed E-state index contributed by atoms with van der Waals surface area (Å²) in [7, 11) is 0. The maximum atomic E-state index is 13.2. The molecule has 0 amide bonds. The van der Waals surface area contributed by atoms with E-state index in [1.165, 1.54) is 4.68 Å². The van der Waals surface area contributed by atoms with E-state index in [-0.39, 0.29) is 5.95 Å². The van der Waals surface area contributed by atoms with Gasteiger partial charge in [-0.2, -0.15) is 18.2 Å². The predicted octanol–water partition coefficient (Wildman–Crippen LogP) is 6.24. The molecule has 1 N–H and O–H groups in total. The third-order valence-corrected chi connectivity index (χ3v) is 5.35. The molecule has 0 spiro atoms. The molecule has 0 fully saturated rings. The van der Waals surface area contributed by atoms with Crippen molar-refractivity contribution in [1.29, 1.82) is 0 Å². The molecule has 0 unspecified atom stereocenters. The monoisotopic (exact) mass is 462 g/mol. The molecule has 0 saturated carbocycles. The zero-order valence-electron chi connectivity index (χ0n) is 15.7. The summed E-state index contributed by atoms with van der Waals surface area (Å²) in [6.07, 6.45) is -2.74. The Morgan fingerprint density at radius 1 is 1.03 bits per heavy atom. The van der Waals surface area contributed by atoms with Crippen molar-refractivity contribution in [3.63, 3.8) is 0 Å². The van der Waals surface area contributed by atoms with Crippen molar-refractivity contribution in [2.45, 2.75) is 32.0 Å². The zero-order chi connectivity index (χ0) is 20.8. The molecule has 3 aromatic rings. The minimum Gasteiger partial charge on any atom is -0.324 e. The van der Waals surface area contributed by atoms with Crippen LogP contribution in [0.1, 0.15) is 48.3 Å². The van der Waals surface area contributed by atoms with Gasteiger partial charge in [-0.15, -0.1) is 5.10 Å². The highest BCUT2D eigenvalue weighted by atomic mass is 79.9. The van der Waals surface area contributed by atoms with Crippen molar-refractivity contribution in [3.05, 3.63) is 81.6 Å². The van der Waals surface area contributed by atoms with Crippen molar-refractivity contribution in [1.82, 2.24) is 14.8 Å². The number of halogens is 4. The fourth-order valence-electron chi connectivity index (χ4n) is 3.23. The van der Waals surface area contributed by atoms with Crippen LogP contribution in [-0.4, -0.2) is 14.8 Å². The molecular formula is C21H18BrF3N4. The summed E-state index contributed by atoms with van der Waals surface area (Å²) in [5.41, 5.74) is 3.53. The number of nitrogens with zero attached hydrogens (tertiary/aromatic N) is 3. The van der Waals surface area contributed by atoms with Gasteiger partial charge in [0.2, 0.25) is 5.95 Å². The lowest BCUT2D eigenvalue weighted by Crippen LogP contribution is -2.20. The molecule has 4 nitrogen and oxygen atoms in total. The maximum absolute atomic E-state index is 13.2. The summed E-state index contributed by atoms with van der Waals surface area (Å²) in [5, 5.41) is 6.74. The van der Waals surface area contributed by atoms with E-state index in [0.717, 1.165) is 21.2 Å². The SMILES string of the molecule is CC(C)c1ccc([C@H]2C=C(c3ccc(Br)cc3)Nc3nc(C(F)(F)F)nn32)cc1. The molecule has 1 aliphatic rings. The quantitative estimate of drug-likeness (QED) is 0.500. The second-order valence-corrected chi connectivity index (χ2v) is 8.10. The lowest BCUT2D eigenvalue weighted by atomic mass is 9.97. The fourth-order valence-corrected chi connectivity index (χ4v) is 3.49. The zero-order valence-corrected chi connectivity index (χ0v) is 17.3. The molecule has 29 heavy (non-hydrogen) atoms. The summed E-state index contributed by atoms with van der Waals surface area (Å²) in [4.78, 5) is 3.70. The first-order valence-corrected chi connectivity index (χ1v) is 9.90. The molecule has 1 aliphatic heterocycles. The van der Waals surface area contributed by atoms with E-state index in [0.29, 0.717) is 11.6 Å². The third kappa shape index (κ3) is 3.94. The van der Waals surface area contributed by atoms with E-state index in [9.17, 15) is 13.2 Å². The first-order chi connectivity index (χ1) is 13.7. The first-order valence-electron chi connectivity index (χ1n) is 9.11. The van der Waals surface area contributed by atoms with Crippen LogP contribution in [0.5, 0.6) is 0 Å². The molecule has 150 valence electrons. The highest BCUT2D eigenvalue weighted by Crippen LogP contribution is 2.36. The van der Waals surface area contributed by atoms with Crippen LogP contribution in [0.4, 0.5) is 19.1 Å². The van der Waals surface area contributed by atoms with E-state index < -0.39 is 18.0 Å². The second-order valence-electron chi connectivity index (χ2n) is 7.18. The van der Waals surface area contributed by atoms with Gasteiger partial charge in [-0.1, -0.05) is 66.2 Å². The average molecular weight is 463 g/mol. The van der Waals surface area contributed by atoms with Crippen LogP contribution < -0.4 is 5.32 Å². The molecule has 1 aromatic heterocycles. The molecule has 2 aromatic carbocycles. The summed E-state index contributed by atoms with van der Waals surface area (Å²) >= 11 is 3.40. The van der Waals surface area contributed by atoms with Gasteiger partial charge in [0.25, 0.3) is 5.82 Å². The van der Waals surface area contributed by atoms with Crippen LogP contribution in [-0.2, 0) is 6.18 Å². The van der Waals surface area contributed by atoms with Gasteiger partial charge in [-0.3, -0.25) is 0 Å². The standard InChI is InChI=1S/C21H18BrF3N4/c1-12(2)13-3-5-15(6-4-13)18-11-17(14-7-9-16(22)10-8-14)26-20-27-19(21(23,24)25)28-29(18)20/h3-12,18H,1-2H3,(H,26,27,28)/t18-/m1/s1. The topological polar surface area (TPSA) is 42.7 Å². The number of nitrogens with one attached hydrogen (secondary N) is 1. The first kappa shape index (κ1) is 19.7. The Kier molecular flexibility index (Phi) is 4.98. The summed E-state index contributed by atoms with van der Waals surface area (Å²) in [6.45, 7) is 4.19. The molecule has 0 radical (unpaired) electrons. The van der Waals surface area contributed by atoms with Gasteiger partial charge >= 0.3 is 6.18 Å². The van der Waals surface area contributed by atoms with Crippen LogP contribution in [0, 0.1) is 0 Å². The molecule has 8 heteroatoms. The van der Waals surface area contributed by atoms with E-state index in [1.54, 1.807) is 0 Å². The Morgan fingerprint density at radius 2 is 1.69 bits per heavy atom. The number of hydrogen-bond donors (Lipinski definition) is 1. The van der Waals surface area contributed by atoms with Crippen LogP contribution >= 0.6 is 15.9 Å². The Balaban J connectivity index is 1.81. The Labute approximate surface area is 174 Å². The van der Waals surface area contributed by atoms with Crippen molar-refractivity contribution in [2.24, 2.45) is 0 Å². The van der Waals surface area contributed by atoms with E-state index in [1.807, 2.05) is 54.6 Å². The van der Waals surface area contributed by atoms with E-state index >= 15 is 0 Å². The minimum absolute atomic E-state index is 0.0654. The van der Waals surface area contributed by atoms with Gasteiger partial charge < -0.3 is 5.32 Å². The van der Waals surface area contributed by atoms with E-state index in [2.05, 4.69) is 45.2 Å². The van der Waals surface area contributed by atoms with Crippen LogP contribution in [0.3, 0.4) is 0 Å². The van der Waals surface area contributed by atoms with Crippen molar-refractivity contribution in [3.8, 4) is 0 Å². The maximum Gasteiger partial charge on any atom is 0.453 e. The Bertz CT molecular complexity index is 1050. The highest BCUT2D eigenvalue weighted by molar-refractivity contribution is 9.10. The third-order valence-electron chi connectivity index (χ3n) is 4.82. The predicted molar refractivity (Wildman–Crippen MR) is 109 cm³/mol. The van der Waals surface area contributed by atoms with Gasteiger partial charge in [0, 0.05) is 10.2 Å². The summed E-state index contributed by atoms with van der Waals surface area (Å²) in [5.74, 6) is -0.727. The van der Waals surface area contributed by atoms with Gasteiger partial charge in [0.15, 0.2) is 0 Å². The lowest BCUT2D eigenvalue weighted by Gasteiger charge is -2.24. The van der Waals surface area contributed by atoms with Gasteiger partial charge in [-0.25, -0.2) is 4.68 Å².